The molecule has 0 spiro atoms. The zero-order valence-electron chi connectivity index (χ0n) is 10.6. The van der Waals surface area contributed by atoms with E-state index in [1.54, 1.807) is 11.3 Å². The van der Waals surface area contributed by atoms with Crippen LogP contribution in [-0.2, 0) is 13.0 Å². The first-order valence-electron chi connectivity index (χ1n) is 6.45. The molecule has 1 N–H and O–H groups in total. The second-order valence-corrected chi connectivity index (χ2v) is 5.78. The number of hydrogen-bond acceptors (Lipinski definition) is 4. The lowest BCUT2D eigenvalue weighted by Crippen LogP contribution is -2.18. The maximum absolute atomic E-state index is 4.46. The summed E-state index contributed by atoms with van der Waals surface area (Å²) in [5, 5.41) is 6.80. The topological polar surface area (TPSA) is 42.7 Å². The highest BCUT2D eigenvalue weighted by Crippen LogP contribution is 2.35. The fourth-order valence-electron chi connectivity index (χ4n) is 2.08. The monoisotopic (exact) mass is 262 g/mol. The van der Waals surface area contributed by atoms with E-state index in [2.05, 4.69) is 25.2 Å². The van der Waals surface area contributed by atoms with Gasteiger partial charge in [0.2, 0.25) is 0 Å². The van der Waals surface area contributed by atoms with Gasteiger partial charge in [0, 0.05) is 42.8 Å². The molecule has 0 unspecified atom stereocenters. The predicted octanol–water partition coefficient (Wildman–Crippen LogP) is 2.32. The van der Waals surface area contributed by atoms with Crippen LogP contribution >= 0.6 is 11.3 Å². The number of aromatic nitrogens is 3. The van der Waals surface area contributed by atoms with Crippen molar-refractivity contribution in [2.24, 2.45) is 0 Å². The highest BCUT2D eigenvalue weighted by molar-refractivity contribution is 7.09. The van der Waals surface area contributed by atoms with Crippen molar-refractivity contribution >= 4 is 11.3 Å². The first-order chi connectivity index (χ1) is 8.83. The molecular formula is C13H18N4S. The van der Waals surface area contributed by atoms with E-state index in [1.165, 1.54) is 23.5 Å². The molecule has 2 aromatic rings. The second-order valence-electron chi connectivity index (χ2n) is 4.83. The van der Waals surface area contributed by atoms with Crippen molar-refractivity contribution < 1.29 is 0 Å². The zero-order chi connectivity index (χ0) is 12.4. The van der Waals surface area contributed by atoms with E-state index in [9.17, 15) is 0 Å². The van der Waals surface area contributed by atoms with Gasteiger partial charge in [-0.05, 0) is 19.8 Å². The summed E-state index contributed by atoms with van der Waals surface area (Å²) in [6.45, 7) is 3.92. The van der Waals surface area contributed by atoms with E-state index in [1.807, 2.05) is 19.4 Å². The van der Waals surface area contributed by atoms with Gasteiger partial charge in [0.25, 0.3) is 0 Å². The molecule has 0 aromatic carbocycles. The first kappa shape index (κ1) is 11.9. The maximum Gasteiger partial charge on any atom is 0.0951 e. The number of aryl methyl sites for hydroxylation is 1. The van der Waals surface area contributed by atoms with E-state index in [-0.39, 0.29) is 0 Å². The van der Waals surface area contributed by atoms with Crippen LogP contribution < -0.4 is 5.32 Å². The molecule has 0 aliphatic heterocycles. The third-order valence-electron chi connectivity index (χ3n) is 3.17. The van der Waals surface area contributed by atoms with Gasteiger partial charge in [0.15, 0.2) is 0 Å². The maximum atomic E-state index is 4.46. The molecule has 1 aliphatic carbocycles. The molecule has 4 nitrogen and oxygen atoms in total. The lowest BCUT2D eigenvalue weighted by molar-refractivity contribution is 0.620. The van der Waals surface area contributed by atoms with Gasteiger partial charge >= 0.3 is 0 Å². The average Bonchev–Trinajstić information content (AvgIpc) is 2.96. The minimum absolute atomic E-state index is 0.714. The number of hydrogen-bond donors (Lipinski definition) is 1. The molecule has 0 radical (unpaired) electrons. The Morgan fingerprint density at radius 2 is 2.39 bits per heavy atom. The number of nitrogens with zero attached hydrogens (tertiary/aromatic N) is 3. The highest BCUT2D eigenvalue weighted by atomic mass is 32.1. The van der Waals surface area contributed by atoms with Crippen LogP contribution in [0.4, 0.5) is 0 Å². The molecule has 2 heterocycles. The molecule has 5 heteroatoms. The van der Waals surface area contributed by atoms with Gasteiger partial charge in [0.1, 0.15) is 0 Å². The third-order valence-corrected chi connectivity index (χ3v) is 4.20. The quantitative estimate of drug-likeness (QED) is 0.812. The molecule has 0 atom stereocenters. The van der Waals surface area contributed by atoms with Crippen LogP contribution in [0.2, 0.25) is 0 Å². The Hall–Kier alpha value is -1.20. The molecule has 0 amide bonds. The van der Waals surface area contributed by atoms with Crippen LogP contribution in [0.1, 0.15) is 35.3 Å². The largest absolute Gasteiger partial charge is 0.330 e. The SMILES string of the molecule is Cc1csc(CCNCc2cncn2C2CC2)n1. The molecule has 0 bridgehead atoms. The van der Waals surface area contributed by atoms with Gasteiger partial charge in [-0.25, -0.2) is 9.97 Å². The fourth-order valence-corrected chi connectivity index (χ4v) is 2.86. The van der Waals surface area contributed by atoms with Crippen LogP contribution in [0, 0.1) is 6.92 Å². The molecule has 0 saturated heterocycles. The number of imidazole rings is 1. The minimum atomic E-state index is 0.714. The van der Waals surface area contributed by atoms with Crippen LogP contribution in [0.5, 0.6) is 0 Å². The third kappa shape index (κ3) is 2.79. The van der Waals surface area contributed by atoms with Crippen molar-refractivity contribution in [2.75, 3.05) is 6.54 Å². The van der Waals surface area contributed by atoms with Gasteiger partial charge in [-0.3, -0.25) is 0 Å². The molecule has 1 fully saturated rings. The summed E-state index contributed by atoms with van der Waals surface area (Å²) in [7, 11) is 0. The molecular weight excluding hydrogens is 244 g/mol. The lowest BCUT2D eigenvalue weighted by Gasteiger charge is -2.07. The van der Waals surface area contributed by atoms with Crippen molar-refractivity contribution in [3.05, 3.63) is 34.3 Å². The van der Waals surface area contributed by atoms with Gasteiger partial charge < -0.3 is 9.88 Å². The summed E-state index contributed by atoms with van der Waals surface area (Å²) in [4.78, 5) is 8.70. The molecule has 96 valence electrons. The van der Waals surface area contributed by atoms with E-state index in [0.717, 1.165) is 25.2 Å². The van der Waals surface area contributed by atoms with Gasteiger partial charge in [0.05, 0.1) is 17.0 Å². The summed E-state index contributed by atoms with van der Waals surface area (Å²) in [5.74, 6) is 0. The van der Waals surface area contributed by atoms with Crippen molar-refractivity contribution in [2.45, 2.75) is 38.8 Å². The molecule has 2 aromatic heterocycles. The molecule has 1 aliphatic rings. The van der Waals surface area contributed by atoms with Crippen molar-refractivity contribution in [1.82, 2.24) is 19.9 Å². The van der Waals surface area contributed by atoms with Crippen LogP contribution in [0.15, 0.2) is 17.9 Å². The summed E-state index contributed by atoms with van der Waals surface area (Å²) < 4.78 is 2.31. The predicted molar refractivity (Wildman–Crippen MR) is 72.8 cm³/mol. The average molecular weight is 262 g/mol. The molecule has 18 heavy (non-hydrogen) atoms. The summed E-state index contributed by atoms with van der Waals surface area (Å²) in [5.41, 5.74) is 2.43. The zero-order valence-corrected chi connectivity index (χ0v) is 11.4. The lowest BCUT2D eigenvalue weighted by atomic mass is 10.4. The summed E-state index contributed by atoms with van der Waals surface area (Å²) >= 11 is 1.75. The van der Waals surface area contributed by atoms with Crippen molar-refractivity contribution in [1.29, 1.82) is 0 Å². The highest BCUT2D eigenvalue weighted by Gasteiger charge is 2.24. The normalized spacial score (nSPS) is 15.2. The fraction of sp³-hybridized carbons (Fsp3) is 0.538. The Bertz CT molecular complexity index is 513. The minimum Gasteiger partial charge on any atom is -0.330 e. The van der Waals surface area contributed by atoms with E-state index < -0.39 is 0 Å². The number of thiazole rings is 1. The number of nitrogens with one attached hydrogen (secondary N) is 1. The molecule has 1 saturated carbocycles. The van der Waals surface area contributed by atoms with E-state index in [0.29, 0.717) is 6.04 Å². The Labute approximate surface area is 111 Å². The summed E-state index contributed by atoms with van der Waals surface area (Å²) in [6, 6.07) is 0.714. The first-order valence-corrected chi connectivity index (χ1v) is 7.33. The Morgan fingerprint density at radius 3 is 3.11 bits per heavy atom. The van der Waals surface area contributed by atoms with Gasteiger partial charge in [-0.2, -0.15) is 0 Å². The van der Waals surface area contributed by atoms with Crippen LogP contribution in [0.25, 0.3) is 0 Å². The van der Waals surface area contributed by atoms with Crippen LogP contribution in [0.3, 0.4) is 0 Å². The standard InChI is InChI=1S/C13H18N4S/c1-10-8-18-13(16-10)4-5-14-6-12-7-15-9-17(12)11-2-3-11/h7-9,11,14H,2-6H2,1H3. The van der Waals surface area contributed by atoms with E-state index >= 15 is 0 Å². The van der Waals surface area contributed by atoms with Crippen molar-refractivity contribution in [3.63, 3.8) is 0 Å². The summed E-state index contributed by atoms with van der Waals surface area (Å²) in [6.07, 6.45) is 7.55. The second kappa shape index (κ2) is 5.20. The Balaban J connectivity index is 1.45. The Morgan fingerprint density at radius 1 is 1.50 bits per heavy atom. The van der Waals surface area contributed by atoms with Gasteiger partial charge in [-0.15, -0.1) is 11.3 Å². The Kier molecular flexibility index (Phi) is 3.43. The van der Waals surface area contributed by atoms with Crippen LogP contribution in [-0.4, -0.2) is 21.1 Å². The number of rotatable bonds is 6. The smallest absolute Gasteiger partial charge is 0.0951 e. The molecule has 3 rings (SSSR count). The van der Waals surface area contributed by atoms with Crippen molar-refractivity contribution in [3.8, 4) is 0 Å². The van der Waals surface area contributed by atoms with E-state index in [4.69, 9.17) is 0 Å². The van der Waals surface area contributed by atoms with Gasteiger partial charge in [-0.1, -0.05) is 0 Å².